The van der Waals surface area contributed by atoms with Crippen LogP contribution in [0.15, 0.2) is 12.1 Å². The van der Waals surface area contributed by atoms with Crippen LogP contribution >= 0.6 is 23.0 Å². The number of hydrogen-bond acceptors (Lipinski definition) is 3. The monoisotopic (exact) mass is 498 g/mol. The molecule has 2 atom stereocenters. The summed E-state index contributed by atoms with van der Waals surface area (Å²) in [4.78, 5) is 12.3. The van der Waals surface area contributed by atoms with Crippen molar-refractivity contribution < 1.29 is 12.6 Å². The van der Waals surface area contributed by atoms with Crippen LogP contribution in [0.1, 0.15) is 103 Å². The molecule has 0 N–H and O–H groups in total. The third kappa shape index (κ3) is 4.36. The fraction of sp³-hybridized carbons (Fsp3) is 0.708. The van der Waals surface area contributed by atoms with Crippen LogP contribution in [-0.2, 0) is 10.2 Å². The second-order valence-electron chi connectivity index (χ2n) is 9.86. The summed E-state index contributed by atoms with van der Waals surface area (Å²) in [5.74, 6) is 2.73. The van der Waals surface area contributed by atoms with Gasteiger partial charge in [-0.05, 0) is 49.8 Å². The summed E-state index contributed by atoms with van der Waals surface area (Å²) in [7, 11) is 0. The second kappa shape index (κ2) is 8.53. The fourth-order valence-corrected chi connectivity index (χ4v) is 5.51. The van der Waals surface area contributed by atoms with Gasteiger partial charge in [-0.3, -0.25) is 4.79 Å². The van der Waals surface area contributed by atoms with Crippen LogP contribution < -0.4 is 7.80 Å². The molecule has 1 fully saturated rings. The van der Waals surface area contributed by atoms with Gasteiger partial charge in [0.15, 0.2) is 23.0 Å². The number of hydrogen-bond donors (Lipinski definition) is 0. The maximum atomic E-state index is 12.3. The number of Topliss-reactive ketones (excluding diaryl/α,β-unsaturated/α-hetero) is 1. The minimum Gasteiger partial charge on any atom is -0.487 e. The van der Waals surface area contributed by atoms with Gasteiger partial charge in [-0.25, -0.2) is 0 Å². The smallest absolute Gasteiger partial charge is 0.192 e. The first-order chi connectivity index (χ1) is 13.2. The van der Waals surface area contributed by atoms with Crippen LogP contribution in [0.5, 0.6) is 11.5 Å². The van der Waals surface area contributed by atoms with Crippen molar-refractivity contribution in [3.8, 4) is 11.5 Å². The van der Waals surface area contributed by atoms with Gasteiger partial charge in [-0.2, -0.15) is 0 Å². The van der Waals surface area contributed by atoms with Crippen molar-refractivity contribution in [2.75, 3.05) is 0 Å². The number of halogens is 1. The zero-order valence-corrected chi connectivity index (χ0v) is 20.2. The van der Waals surface area contributed by atoms with Crippen molar-refractivity contribution in [1.29, 1.82) is 0 Å². The van der Waals surface area contributed by atoms with Crippen molar-refractivity contribution in [3.63, 3.8) is 0 Å². The fourth-order valence-electron chi connectivity index (χ4n) is 5.15. The molecule has 1 aliphatic carbocycles. The lowest BCUT2D eigenvalue weighted by atomic mass is 9.66. The molecule has 0 amide bonds. The summed E-state index contributed by atoms with van der Waals surface area (Å²) in [6, 6.07) is 4.42. The predicted molar refractivity (Wildman–Crippen MR) is 123 cm³/mol. The Bertz CT molecular complexity index is 723. The maximum Gasteiger partial charge on any atom is 0.192 e. The first-order valence-corrected chi connectivity index (χ1v) is 11.8. The standard InChI is InChI=1S/C24H35IO3/c1-6-7-8-9-12-23(2,3)16-13-20-22(21(14-16)28-25)18-15-17(26)10-11-19(18)24(4,5)27-20/h13-14,18-19H,6-12,15H2,1-5H3. The summed E-state index contributed by atoms with van der Waals surface area (Å²) in [5, 5.41) is 0. The van der Waals surface area contributed by atoms with E-state index >= 15 is 0 Å². The van der Waals surface area contributed by atoms with Gasteiger partial charge in [0.05, 0.1) is 0 Å². The third-order valence-corrected chi connectivity index (χ3v) is 7.40. The molecule has 1 saturated carbocycles. The molecule has 1 aromatic rings. The van der Waals surface area contributed by atoms with Crippen molar-refractivity contribution >= 4 is 28.8 Å². The summed E-state index contributed by atoms with van der Waals surface area (Å²) in [5.41, 5.74) is 2.19. The molecule has 3 rings (SSSR count). The molecular weight excluding hydrogens is 463 g/mol. The van der Waals surface area contributed by atoms with E-state index in [1.165, 1.54) is 31.2 Å². The Hall–Kier alpha value is -0.780. The van der Waals surface area contributed by atoms with Crippen LogP contribution in [0.25, 0.3) is 0 Å². The Kier molecular flexibility index (Phi) is 6.68. The molecular formula is C24H35IO3. The summed E-state index contributed by atoms with van der Waals surface area (Å²) >= 11 is 1.98. The van der Waals surface area contributed by atoms with Crippen LogP contribution in [0.4, 0.5) is 0 Å². The molecule has 0 bridgehead atoms. The summed E-state index contributed by atoms with van der Waals surface area (Å²) in [6.45, 7) is 11.2. The van der Waals surface area contributed by atoms with E-state index < -0.39 is 0 Å². The van der Waals surface area contributed by atoms with Crippen molar-refractivity contribution in [3.05, 3.63) is 23.3 Å². The van der Waals surface area contributed by atoms with Crippen LogP contribution in [0.3, 0.4) is 0 Å². The van der Waals surface area contributed by atoms with Gasteiger partial charge in [0.2, 0.25) is 0 Å². The lowest BCUT2D eigenvalue weighted by Crippen LogP contribution is -2.47. The molecule has 2 unspecified atom stereocenters. The number of carbonyl (C=O) groups is 1. The van der Waals surface area contributed by atoms with Gasteiger partial charge < -0.3 is 7.80 Å². The molecule has 4 heteroatoms. The molecule has 1 heterocycles. The first-order valence-electron chi connectivity index (χ1n) is 10.9. The number of rotatable bonds is 7. The first kappa shape index (κ1) is 21.9. The van der Waals surface area contributed by atoms with Gasteiger partial charge >= 0.3 is 0 Å². The number of ketones is 1. The molecule has 0 saturated heterocycles. The Morgan fingerprint density at radius 1 is 1.25 bits per heavy atom. The number of ether oxygens (including phenoxy) is 1. The minimum atomic E-state index is -0.259. The van der Waals surface area contributed by atoms with Crippen molar-refractivity contribution in [1.82, 2.24) is 0 Å². The molecule has 0 spiro atoms. The van der Waals surface area contributed by atoms with E-state index in [9.17, 15) is 4.79 Å². The molecule has 1 aliphatic heterocycles. The van der Waals surface area contributed by atoms with E-state index in [4.69, 9.17) is 7.80 Å². The van der Waals surface area contributed by atoms with Crippen LogP contribution in [0.2, 0.25) is 0 Å². The summed E-state index contributed by atoms with van der Waals surface area (Å²) < 4.78 is 12.4. The highest BCUT2D eigenvalue weighted by molar-refractivity contribution is 14.1. The predicted octanol–water partition coefficient (Wildman–Crippen LogP) is 7.29. The Morgan fingerprint density at radius 2 is 2.00 bits per heavy atom. The molecule has 156 valence electrons. The maximum absolute atomic E-state index is 12.3. The normalized spacial score (nSPS) is 23.6. The highest BCUT2D eigenvalue weighted by Crippen LogP contribution is 2.55. The van der Waals surface area contributed by atoms with E-state index in [0.717, 1.165) is 29.9 Å². The highest BCUT2D eigenvalue weighted by atomic mass is 127. The van der Waals surface area contributed by atoms with Gasteiger partial charge in [0, 0.05) is 30.2 Å². The number of unbranched alkanes of at least 4 members (excludes halogenated alkanes) is 3. The largest absolute Gasteiger partial charge is 0.487 e. The minimum absolute atomic E-state index is 0.0689. The van der Waals surface area contributed by atoms with E-state index in [1.54, 1.807) is 0 Å². The average Bonchev–Trinajstić information content (AvgIpc) is 2.63. The lowest BCUT2D eigenvalue weighted by molar-refractivity contribution is -0.124. The molecule has 1 aromatic carbocycles. The number of fused-ring (bicyclic) bond motifs is 3. The molecule has 3 nitrogen and oxygen atoms in total. The Labute approximate surface area is 184 Å². The van der Waals surface area contributed by atoms with Crippen LogP contribution in [-0.4, -0.2) is 11.4 Å². The topological polar surface area (TPSA) is 35.5 Å². The third-order valence-electron chi connectivity index (χ3n) is 6.93. The molecule has 0 aromatic heterocycles. The Balaban J connectivity index is 1.97. The van der Waals surface area contributed by atoms with E-state index in [2.05, 4.69) is 46.8 Å². The second-order valence-corrected chi connectivity index (χ2v) is 10.3. The highest BCUT2D eigenvalue weighted by Gasteiger charge is 2.48. The van der Waals surface area contributed by atoms with Crippen molar-refractivity contribution in [2.45, 2.75) is 103 Å². The zero-order valence-electron chi connectivity index (χ0n) is 18.1. The molecule has 28 heavy (non-hydrogen) atoms. The SMILES string of the molecule is CCCCCCC(C)(C)c1cc(OI)c2c(c1)OC(C)(C)C1CCC(=O)CC21. The van der Waals surface area contributed by atoms with E-state index in [1.807, 2.05) is 23.0 Å². The summed E-state index contributed by atoms with van der Waals surface area (Å²) in [6.07, 6.45) is 8.43. The number of carbonyl (C=O) groups excluding carboxylic acids is 1. The average molecular weight is 498 g/mol. The van der Waals surface area contributed by atoms with Crippen molar-refractivity contribution in [2.24, 2.45) is 5.92 Å². The van der Waals surface area contributed by atoms with Crippen LogP contribution in [0, 0.1) is 5.92 Å². The van der Waals surface area contributed by atoms with E-state index in [0.29, 0.717) is 24.5 Å². The molecule has 0 radical (unpaired) electrons. The zero-order chi connectivity index (χ0) is 20.5. The van der Waals surface area contributed by atoms with Gasteiger partial charge in [0.25, 0.3) is 0 Å². The quantitative estimate of drug-likeness (QED) is 0.293. The number of benzene rings is 1. The lowest BCUT2D eigenvalue weighted by Gasteiger charge is -2.47. The van der Waals surface area contributed by atoms with Gasteiger partial charge in [-0.1, -0.05) is 46.5 Å². The van der Waals surface area contributed by atoms with Gasteiger partial charge in [0.1, 0.15) is 22.9 Å². The molecule has 2 aliphatic rings. The van der Waals surface area contributed by atoms with Gasteiger partial charge in [-0.15, -0.1) is 0 Å². The van der Waals surface area contributed by atoms with E-state index in [-0.39, 0.29) is 16.9 Å². The Morgan fingerprint density at radius 3 is 2.68 bits per heavy atom.